The Hall–Kier alpha value is -3.27. The number of fused-ring (bicyclic) bond motifs is 1. The zero-order valence-electron chi connectivity index (χ0n) is 18.0. The number of carbonyl (C=O) groups is 5. The van der Waals surface area contributed by atoms with Gasteiger partial charge in [0.05, 0.1) is 17.2 Å². The number of carbonyl (C=O) groups excluding carboxylic acids is 5. The van der Waals surface area contributed by atoms with Gasteiger partial charge in [-0.15, -0.1) is 0 Å². The summed E-state index contributed by atoms with van der Waals surface area (Å²) >= 11 is 0. The molecule has 170 valence electrons. The summed E-state index contributed by atoms with van der Waals surface area (Å²) in [6.07, 6.45) is 2.23. The number of nitrogens with one attached hydrogen (secondary N) is 1. The van der Waals surface area contributed by atoms with Crippen molar-refractivity contribution in [1.29, 1.82) is 0 Å². The first-order chi connectivity index (χ1) is 15.3. The summed E-state index contributed by atoms with van der Waals surface area (Å²) in [4.78, 5) is 67.6. The number of benzene rings is 1. The van der Waals surface area contributed by atoms with Crippen molar-refractivity contribution in [3.05, 3.63) is 29.3 Å². The van der Waals surface area contributed by atoms with Crippen LogP contribution in [0.25, 0.3) is 0 Å². The minimum Gasteiger partial charge on any atom is -0.398 e. The van der Waals surface area contributed by atoms with Crippen LogP contribution in [0.15, 0.2) is 18.2 Å². The molecule has 3 aliphatic rings. The summed E-state index contributed by atoms with van der Waals surface area (Å²) in [6.45, 7) is 3.68. The molecule has 5 amide bonds. The molecule has 3 aliphatic heterocycles. The Balaban J connectivity index is 1.41. The first-order valence-electron chi connectivity index (χ1n) is 10.9. The third-order valence-corrected chi connectivity index (χ3v) is 6.48. The summed E-state index contributed by atoms with van der Waals surface area (Å²) in [5.74, 6) is -2.36. The number of nitrogens with zero attached hydrogens (tertiary/aromatic N) is 3. The molecule has 10 heteroatoms. The van der Waals surface area contributed by atoms with Crippen LogP contribution in [0.5, 0.6) is 0 Å². The normalized spacial score (nSPS) is 22.5. The fourth-order valence-corrected chi connectivity index (χ4v) is 4.64. The van der Waals surface area contributed by atoms with Crippen LogP contribution in [0, 0.1) is 0 Å². The molecule has 3 heterocycles. The van der Waals surface area contributed by atoms with Crippen LogP contribution >= 0.6 is 0 Å². The smallest absolute Gasteiger partial charge is 0.264 e. The van der Waals surface area contributed by atoms with Gasteiger partial charge in [0.1, 0.15) is 6.04 Å². The number of piperidine rings is 1. The summed E-state index contributed by atoms with van der Waals surface area (Å²) in [5, 5.41) is 2.78. The third kappa shape index (κ3) is 3.75. The van der Waals surface area contributed by atoms with Crippen molar-refractivity contribution in [2.75, 3.05) is 31.9 Å². The van der Waals surface area contributed by atoms with E-state index in [4.69, 9.17) is 5.73 Å². The number of nitrogens with two attached hydrogens (primary N) is 1. The van der Waals surface area contributed by atoms with Gasteiger partial charge in [-0.2, -0.15) is 0 Å². The highest BCUT2D eigenvalue weighted by molar-refractivity contribution is 6.25. The van der Waals surface area contributed by atoms with Gasteiger partial charge in [0.2, 0.25) is 11.8 Å². The lowest BCUT2D eigenvalue weighted by atomic mass is 10.0. The van der Waals surface area contributed by atoms with Gasteiger partial charge in [-0.3, -0.25) is 38.7 Å². The molecule has 2 atom stereocenters. The molecule has 32 heavy (non-hydrogen) atoms. The average Bonchev–Trinajstić information content (AvgIpc) is 3.39. The lowest BCUT2D eigenvalue weighted by Gasteiger charge is -2.34. The van der Waals surface area contributed by atoms with Crippen LogP contribution in [0.3, 0.4) is 0 Å². The Morgan fingerprint density at radius 3 is 2.56 bits per heavy atom. The highest BCUT2D eigenvalue weighted by Crippen LogP contribution is 2.31. The summed E-state index contributed by atoms with van der Waals surface area (Å²) in [7, 11) is 0. The van der Waals surface area contributed by atoms with E-state index in [1.807, 2.05) is 6.92 Å². The molecule has 4 rings (SSSR count). The van der Waals surface area contributed by atoms with Crippen molar-refractivity contribution >= 4 is 35.2 Å². The second kappa shape index (κ2) is 8.70. The molecule has 2 saturated heterocycles. The molecule has 0 spiro atoms. The number of hydrogen-bond donors (Lipinski definition) is 2. The molecule has 0 aliphatic carbocycles. The largest absolute Gasteiger partial charge is 0.398 e. The van der Waals surface area contributed by atoms with Crippen LogP contribution < -0.4 is 11.1 Å². The Labute approximate surface area is 185 Å². The molecular formula is C22H27N5O5. The Kier molecular flexibility index (Phi) is 5.96. The number of anilines is 1. The first-order valence-corrected chi connectivity index (χ1v) is 10.9. The van der Waals surface area contributed by atoms with Gasteiger partial charge in [-0.25, -0.2) is 0 Å². The van der Waals surface area contributed by atoms with E-state index >= 15 is 0 Å². The lowest BCUT2D eigenvalue weighted by molar-refractivity contribution is -0.151. The predicted octanol–water partition coefficient (Wildman–Crippen LogP) is -0.0171. The highest BCUT2D eigenvalue weighted by Gasteiger charge is 2.47. The second-order valence-corrected chi connectivity index (χ2v) is 8.40. The maximum Gasteiger partial charge on any atom is 0.264 e. The zero-order chi connectivity index (χ0) is 23.0. The van der Waals surface area contributed by atoms with Crippen LogP contribution in [0.4, 0.5) is 5.69 Å². The average molecular weight is 441 g/mol. The van der Waals surface area contributed by atoms with Crippen molar-refractivity contribution in [2.45, 2.75) is 44.7 Å². The van der Waals surface area contributed by atoms with Gasteiger partial charge < -0.3 is 11.1 Å². The van der Waals surface area contributed by atoms with Gasteiger partial charge in [-0.1, -0.05) is 6.07 Å². The third-order valence-electron chi connectivity index (χ3n) is 6.48. The highest BCUT2D eigenvalue weighted by atomic mass is 16.2. The first kappa shape index (κ1) is 21.9. The Morgan fingerprint density at radius 1 is 1.16 bits per heavy atom. The zero-order valence-corrected chi connectivity index (χ0v) is 18.0. The van der Waals surface area contributed by atoms with Gasteiger partial charge in [-0.05, 0) is 51.4 Å². The van der Waals surface area contributed by atoms with Gasteiger partial charge in [0.25, 0.3) is 17.7 Å². The topological polar surface area (TPSA) is 133 Å². The van der Waals surface area contributed by atoms with Gasteiger partial charge >= 0.3 is 0 Å². The van der Waals surface area contributed by atoms with Gasteiger partial charge in [0.15, 0.2) is 0 Å². The standard InChI is InChI=1S/C22H27N5O5/c1-13(25-10-2-3-11-25)19(29)24-9-12-26-17(28)8-7-16(21(26)31)27-20(30)14-5-4-6-15(23)18(14)22(27)32/h4-6,13,16H,2-3,7-12,23H2,1H3,(H,24,29)/t13-,16?/m0/s1. The maximum atomic E-state index is 13.1. The van der Waals surface area contributed by atoms with Crippen LogP contribution in [0.2, 0.25) is 0 Å². The molecular weight excluding hydrogens is 414 g/mol. The molecule has 3 N–H and O–H groups in total. The van der Waals surface area contributed by atoms with Crippen LogP contribution in [0.1, 0.15) is 53.3 Å². The van der Waals surface area contributed by atoms with Crippen LogP contribution in [-0.4, -0.2) is 82.5 Å². The molecule has 0 aromatic heterocycles. The lowest BCUT2D eigenvalue weighted by Crippen LogP contribution is -2.57. The van der Waals surface area contributed by atoms with E-state index in [2.05, 4.69) is 10.2 Å². The quantitative estimate of drug-likeness (QED) is 0.468. The van der Waals surface area contributed by atoms with E-state index < -0.39 is 23.8 Å². The number of rotatable bonds is 6. The molecule has 0 radical (unpaired) electrons. The maximum absolute atomic E-state index is 13.1. The van der Waals surface area contributed by atoms with Crippen LogP contribution in [-0.2, 0) is 14.4 Å². The minimum atomic E-state index is -1.07. The van der Waals surface area contributed by atoms with E-state index in [1.165, 1.54) is 12.1 Å². The van der Waals surface area contributed by atoms with E-state index in [9.17, 15) is 24.0 Å². The number of likely N-dealkylation sites (tertiary alicyclic amines) is 2. The van der Waals surface area contributed by atoms with E-state index in [0.717, 1.165) is 35.7 Å². The number of amides is 5. The Morgan fingerprint density at radius 2 is 1.88 bits per heavy atom. The summed E-state index contributed by atoms with van der Waals surface area (Å²) < 4.78 is 0. The fraction of sp³-hybridized carbons (Fsp3) is 0.500. The second-order valence-electron chi connectivity index (χ2n) is 8.40. The summed E-state index contributed by atoms with van der Waals surface area (Å²) in [6, 6.07) is 3.25. The summed E-state index contributed by atoms with van der Waals surface area (Å²) in [5.41, 5.74) is 6.30. The molecule has 1 aromatic rings. The molecule has 0 bridgehead atoms. The SMILES string of the molecule is C[C@@H](C(=O)NCCN1C(=O)CCC(N2C(=O)c3cccc(N)c3C2=O)C1=O)N1CCCC1. The van der Waals surface area contributed by atoms with E-state index in [0.29, 0.717) is 0 Å². The monoisotopic (exact) mass is 441 g/mol. The molecule has 0 saturated carbocycles. The van der Waals surface area contributed by atoms with Crippen molar-refractivity contribution in [3.63, 3.8) is 0 Å². The molecule has 1 aromatic carbocycles. The predicted molar refractivity (Wildman–Crippen MR) is 114 cm³/mol. The van der Waals surface area contributed by atoms with E-state index in [-0.39, 0.29) is 60.6 Å². The molecule has 1 unspecified atom stereocenters. The van der Waals surface area contributed by atoms with Crippen molar-refractivity contribution < 1.29 is 24.0 Å². The number of imide groups is 2. The molecule has 2 fully saturated rings. The van der Waals surface area contributed by atoms with Crippen molar-refractivity contribution in [3.8, 4) is 0 Å². The minimum absolute atomic E-state index is 0.0159. The van der Waals surface area contributed by atoms with Gasteiger partial charge in [0, 0.05) is 25.2 Å². The number of hydrogen-bond acceptors (Lipinski definition) is 7. The van der Waals surface area contributed by atoms with Crippen molar-refractivity contribution in [1.82, 2.24) is 20.0 Å². The van der Waals surface area contributed by atoms with Crippen molar-refractivity contribution in [2.24, 2.45) is 0 Å². The fourth-order valence-electron chi connectivity index (χ4n) is 4.64. The number of nitrogen functional groups attached to an aromatic ring is 1. The molecule has 10 nitrogen and oxygen atoms in total. The van der Waals surface area contributed by atoms with E-state index in [1.54, 1.807) is 6.07 Å². The Bertz CT molecular complexity index is 987.